The third kappa shape index (κ3) is 2.98. The first-order valence-corrected chi connectivity index (χ1v) is 5.71. The van der Waals surface area contributed by atoms with E-state index in [9.17, 15) is 14.9 Å². The quantitative estimate of drug-likeness (QED) is 0.672. The van der Waals surface area contributed by atoms with E-state index in [1.807, 2.05) is 30.3 Å². The summed E-state index contributed by atoms with van der Waals surface area (Å²) >= 11 is 0. The highest BCUT2D eigenvalue weighted by molar-refractivity contribution is 5.93. The fourth-order valence-corrected chi connectivity index (χ4v) is 1.74. The van der Waals surface area contributed by atoms with Crippen LogP contribution in [0.4, 0.5) is 5.69 Å². The number of benzene rings is 1. The van der Waals surface area contributed by atoms with Crippen LogP contribution >= 0.6 is 0 Å². The van der Waals surface area contributed by atoms with E-state index in [-0.39, 0.29) is 17.3 Å². The van der Waals surface area contributed by atoms with Gasteiger partial charge in [0.05, 0.1) is 11.1 Å². The molecule has 0 saturated carbocycles. The maximum atomic E-state index is 11.9. The summed E-state index contributed by atoms with van der Waals surface area (Å²) in [4.78, 5) is 22.0. The SMILES string of the molecule is Cn1cc([N+](=O)[O-])cc1C(=O)NCc1ccccc1. The van der Waals surface area contributed by atoms with E-state index in [1.54, 1.807) is 7.05 Å². The van der Waals surface area contributed by atoms with Crippen molar-refractivity contribution < 1.29 is 9.72 Å². The Balaban J connectivity index is 2.06. The number of hydrogen-bond acceptors (Lipinski definition) is 3. The van der Waals surface area contributed by atoms with Gasteiger partial charge in [-0.1, -0.05) is 30.3 Å². The van der Waals surface area contributed by atoms with Crippen LogP contribution in [0.25, 0.3) is 0 Å². The van der Waals surface area contributed by atoms with Gasteiger partial charge in [0.15, 0.2) is 0 Å². The molecular formula is C13H13N3O3. The van der Waals surface area contributed by atoms with Gasteiger partial charge in [0, 0.05) is 19.7 Å². The largest absolute Gasteiger partial charge is 0.347 e. The molecule has 1 amide bonds. The van der Waals surface area contributed by atoms with Crippen molar-refractivity contribution in [3.05, 3.63) is 64.0 Å². The van der Waals surface area contributed by atoms with Crippen LogP contribution in [0.5, 0.6) is 0 Å². The Kier molecular flexibility index (Phi) is 3.61. The number of aromatic nitrogens is 1. The van der Waals surface area contributed by atoms with Crippen LogP contribution in [0.3, 0.4) is 0 Å². The number of nitro groups is 1. The Hall–Kier alpha value is -2.63. The summed E-state index contributed by atoms with van der Waals surface area (Å²) in [5.74, 6) is -0.334. The predicted molar refractivity (Wildman–Crippen MR) is 69.7 cm³/mol. The summed E-state index contributed by atoms with van der Waals surface area (Å²) in [6, 6.07) is 10.7. The van der Waals surface area contributed by atoms with E-state index in [0.717, 1.165) is 5.56 Å². The van der Waals surface area contributed by atoms with Crippen molar-refractivity contribution >= 4 is 11.6 Å². The third-order valence-electron chi connectivity index (χ3n) is 2.73. The lowest BCUT2D eigenvalue weighted by molar-refractivity contribution is -0.384. The Morgan fingerprint density at radius 1 is 1.37 bits per heavy atom. The monoisotopic (exact) mass is 259 g/mol. The minimum atomic E-state index is -0.520. The maximum Gasteiger partial charge on any atom is 0.287 e. The third-order valence-corrected chi connectivity index (χ3v) is 2.73. The van der Waals surface area contributed by atoms with Gasteiger partial charge >= 0.3 is 0 Å². The zero-order valence-corrected chi connectivity index (χ0v) is 10.4. The van der Waals surface area contributed by atoms with Gasteiger partial charge in [-0.15, -0.1) is 0 Å². The Morgan fingerprint density at radius 3 is 2.63 bits per heavy atom. The molecule has 0 aliphatic carbocycles. The van der Waals surface area contributed by atoms with Gasteiger partial charge in [0.25, 0.3) is 11.6 Å². The molecule has 0 aliphatic rings. The average molecular weight is 259 g/mol. The van der Waals surface area contributed by atoms with E-state index in [1.165, 1.54) is 16.8 Å². The van der Waals surface area contributed by atoms with Gasteiger partial charge in [0.2, 0.25) is 0 Å². The van der Waals surface area contributed by atoms with Gasteiger partial charge in [-0.2, -0.15) is 0 Å². The molecule has 6 nitrogen and oxygen atoms in total. The first kappa shape index (κ1) is 12.8. The molecule has 0 bridgehead atoms. The molecule has 0 aliphatic heterocycles. The van der Waals surface area contributed by atoms with E-state index in [0.29, 0.717) is 6.54 Å². The number of aryl methyl sites for hydroxylation is 1. The summed E-state index contributed by atoms with van der Waals surface area (Å²) in [7, 11) is 1.60. The predicted octanol–water partition coefficient (Wildman–Crippen LogP) is 1.86. The number of rotatable bonds is 4. The molecule has 2 aromatic rings. The molecule has 1 aromatic carbocycles. The topological polar surface area (TPSA) is 77.2 Å². The van der Waals surface area contributed by atoms with Crippen molar-refractivity contribution in [2.75, 3.05) is 0 Å². The fourth-order valence-electron chi connectivity index (χ4n) is 1.74. The van der Waals surface area contributed by atoms with Crippen LogP contribution in [0, 0.1) is 10.1 Å². The van der Waals surface area contributed by atoms with Crippen LogP contribution in [-0.4, -0.2) is 15.4 Å². The molecule has 0 unspecified atom stereocenters. The van der Waals surface area contributed by atoms with E-state index in [2.05, 4.69) is 5.32 Å². The smallest absolute Gasteiger partial charge is 0.287 e. The van der Waals surface area contributed by atoms with E-state index in [4.69, 9.17) is 0 Å². The van der Waals surface area contributed by atoms with Gasteiger partial charge < -0.3 is 9.88 Å². The van der Waals surface area contributed by atoms with Crippen LogP contribution in [0.1, 0.15) is 16.1 Å². The number of carbonyl (C=O) groups is 1. The molecule has 0 saturated heterocycles. The van der Waals surface area contributed by atoms with E-state index < -0.39 is 4.92 Å². The average Bonchev–Trinajstić information content (AvgIpc) is 2.80. The van der Waals surface area contributed by atoms with Crippen LogP contribution in [0.2, 0.25) is 0 Å². The lowest BCUT2D eigenvalue weighted by atomic mass is 10.2. The highest BCUT2D eigenvalue weighted by atomic mass is 16.6. The second kappa shape index (κ2) is 5.34. The molecule has 19 heavy (non-hydrogen) atoms. The fraction of sp³-hybridized carbons (Fsp3) is 0.154. The zero-order valence-electron chi connectivity index (χ0n) is 10.4. The molecule has 1 aromatic heterocycles. The summed E-state index contributed by atoms with van der Waals surface area (Å²) in [6.07, 6.45) is 1.32. The molecular weight excluding hydrogens is 246 g/mol. The normalized spacial score (nSPS) is 10.2. The Labute approximate surface area is 109 Å². The highest BCUT2D eigenvalue weighted by Gasteiger charge is 2.17. The van der Waals surface area contributed by atoms with Gasteiger partial charge in [-0.3, -0.25) is 14.9 Å². The standard InChI is InChI=1S/C13H13N3O3/c1-15-9-11(16(18)19)7-12(15)13(17)14-8-10-5-3-2-4-6-10/h2-7,9H,8H2,1H3,(H,14,17). The van der Waals surface area contributed by atoms with Crippen LogP contribution < -0.4 is 5.32 Å². The zero-order chi connectivity index (χ0) is 13.8. The maximum absolute atomic E-state index is 11.9. The van der Waals surface area contributed by atoms with Gasteiger partial charge in [0.1, 0.15) is 5.69 Å². The molecule has 2 rings (SSSR count). The number of nitrogens with one attached hydrogen (secondary N) is 1. The second-order valence-corrected chi connectivity index (χ2v) is 4.12. The summed E-state index contributed by atoms with van der Waals surface area (Å²) in [5, 5.41) is 13.4. The lowest BCUT2D eigenvalue weighted by Crippen LogP contribution is -2.24. The minimum absolute atomic E-state index is 0.0904. The summed E-state index contributed by atoms with van der Waals surface area (Å²) in [6.45, 7) is 0.388. The minimum Gasteiger partial charge on any atom is -0.347 e. The molecule has 0 spiro atoms. The molecule has 1 N–H and O–H groups in total. The van der Waals surface area contributed by atoms with Crippen molar-refractivity contribution in [3.8, 4) is 0 Å². The van der Waals surface area contributed by atoms with Crippen LogP contribution in [-0.2, 0) is 13.6 Å². The Morgan fingerprint density at radius 2 is 2.05 bits per heavy atom. The molecule has 0 radical (unpaired) electrons. The number of amides is 1. The molecule has 0 atom stereocenters. The van der Waals surface area contributed by atoms with Crippen molar-refractivity contribution in [2.45, 2.75) is 6.54 Å². The van der Waals surface area contributed by atoms with Crippen molar-refractivity contribution in [3.63, 3.8) is 0 Å². The van der Waals surface area contributed by atoms with Crippen molar-refractivity contribution in [1.82, 2.24) is 9.88 Å². The molecule has 0 fully saturated rings. The molecule has 1 heterocycles. The number of carbonyl (C=O) groups excluding carboxylic acids is 1. The molecule has 98 valence electrons. The second-order valence-electron chi connectivity index (χ2n) is 4.12. The highest BCUT2D eigenvalue weighted by Crippen LogP contribution is 2.15. The summed E-state index contributed by atoms with van der Waals surface area (Å²) in [5.41, 5.74) is 1.15. The van der Waals surface area contributed by atoms with Crippen molar-refractivity contribution in [2.24, 2.45) is 7.05 Å². The number of hydrogen-bond donors (Lipinski definition) is 1. The van der Waals surface area contributed by atoms with Crippen LogP contribution in [0.15, 0.2) is 42.6 Å². The first-order valence-electron chi connectivity index (χ1n) is 5.71. The van der Waals surface area contributed by atoms with Gasteiger partial charge in [-0.05, 0) is 5.56 Å². The Bertz CT molecular complexity index is 605. The van der Waals surface area contributed by atoms with E-state index >= 15 is 0 Å². The summed E-state index contributed by atoms with van der Waals surface area (Å²) < 4.78 is 1.44. The number of nitrogens with zero attached hydrogens (tertiary/aromatic N) is 2. The van der Waals surface area contributed by atoms with Crippen molar-refractivity contribution in [1.29, 1.82) is 0 Å². The van der Waals surface area contributed by atoms with Gasteiger partial charge in [-0.25, -0.2) is 0 Å². The molecule has 6 heteroatoms. The lowest BCUT2D eigenvalue weighted by Gasteiger charge is -2.05. The first-order chi connectivity index (χ1) is 9.08.